The molecule has 5 nitrogen and oxygen atoms in total. The van der Waals surface area contributed by atoms with Crippen molar-refractivity contribution in [2.75, 3.05) is 11.9 Å². The van der Waals surface area contributed by atoms with Gasteiger partial charge >= 0.3 is 0 Å². The van der Waals surface area contributed by atoms with Gasteiger partial charge in [0, 0.05) is 12.6 Å². The minimum atomic E-state index is -0.327. The van der Waals surface area contributed by atoms with Crippen LogP contribution in [0, 0.1) is 6.92 Å². The third-order valence-electron chi connectivity index (χ3n) is 4.23. The monoisotopic (exact) mass is 383 g/mol. The predicted octanol–water partition coefficient (Wildman–Crippen LogP) is 3.89. The molecule has 2 heterocycles. The number of aliphatic imine (C=N–C) groups is 1. The molecule has 2 aliphatic heterocycles. The van der Waals surface area contributed by atoms with E-state index in [-0.39, 0.29) is 11.8 Å². The van der Waals surface area contributed by atoms with E-state index in [0.29, 0.717) is 26.4 Å². The van der Waals surface area contributed by atoms with Crippen LogP contribution in [0.5, 0.6) is 0 Å². The summed E-state index contributed by atoms with van der Waals surface area (Å²) in [6, 6.07) is 12.9. The SMILES string of the molecule is Cc1ccc2c(c1)/C(=C1/SC(=Nc3ccccc3Cl)NC1=O)C(=O)N2C. The largest absolute Gasteiger partial charge is 0.311 e. The van der Waals surface area contributed by atoms with E-state index in [9.17, 15) is 9.59 Å². The Hall–Kier alpha value is -2.57. The number of hydrogen-bond donors (Lipinski definition) is 1. The number of nitrogens with one attached hydrogen (secondary N) is 1. The molecule has 4 rings (SSSR count). The third-order valence-corrected chi connectivity index (χ3v) is 5.53. The predicted molar refractivity (Wildman–Crippen MR) is 106 cm³/mol. The highest BCUT2D eigenvalue weighted by molar-refractivity contribution is 8.18. The van der Waals surface area contributed by atoms with Gasteiger partial charge in [-0.2, -0.15) is 0 Å². The van der Waals surface area contributed by atoms with E-state index in [1.54, 1.807) is 24.1 Å². The first-order valence-corrected chi connectivity index (χ1v) is 9.11. The van der Waals surface area contributed by atoms with Gasteiger partial charge in [0.2, 0.25) is 0 Å². The van der Waals surface area contributed by atoms with Gasteiger partial charge in [0.25, 0.3) is 11.8 Å². The molecule has 0 spiro atoms. The second-order valence-corrected chi connectivity index (χ2v) is 7.42. The van der Waals surface area contributed by atoms with E-state index in [1.807, 2.05) is 37.3 Å². The number of para-hydroxylation sites is 1. The maximum Gasteiger partial charge on any atom is 0.264 e. The van der Waals surface area contributed by atoms with Crippen molar-refractivity contribution < 1.29 is 9.59 Å². The molecule has 0 radical (unpaired) electrons. The molecule has 2 aromatic rings. The van der Waals surface area contributed by atoms with Crippen molar-refractivity contribution in [2.45, 2.75) is 6.92 Å². The molecule has 1 N–H and O–H groups in total. The maximum atomic E-state index is 12.7. The average Bonchev–Trinajstić information content (AvgIpc) is 3.07. The van der Waals surface area contributed by atoms with Crippen molar-refractivity contribution in [1.29, 1.82) is 0 Å². The number of anilines is 1. The van der Waals surface area contributed by atoms with Crippen LogP contribution in [0.3, 0.4) is 0 Å². The van der Waals surface area contributed by atoms with Crippen LogP contribution in [0.2, 0.25) is 5.02 Å². The number of halogens is 1. The first-order valence-electron chi connectivity index (χ1n) is 7.91. The first kappa shape index (κ1) is 16.9. The number of rotatable bonds is 1. The topological polar surface area (TPSA) is 61.8 Å². The van der Waals surface area contributed by atoms with Gasteiger partial charge in [-0.15, -0.1) is 0 Å². The Labute approximate surface area is 159 Å². The van der Waals surface area contributed by atoms with Crippen LogP contribution in [-0.2, 0) is 9.59 Å². The van der Waals surface area contributed by atoms with Gasteiger partial charge in [0.15, 0.2) is 5.17 Å². The van der Waals surface area contributed by atoms with Gasteiger partial charge in [-0.05, 0) is 43.0 Å². The number of amides is 2. The van der Waals surface area contributed by atoms with Gasteiger partial charge in [-0.25, -0.2) is 4.99 Å². The van der Waals surface area contributed by atoms with E-state index in [1.165, 1.54) is 0 Å². The summed E-state index contributed by atoms with van der Waals surface area (Å²) in [6.45, 7) is 1.96. The van der Waals surface area contributed by atoms with Crippen LogP contribution >= 0.6 is 23.4 Å². The van der Waals surface area contributed by atoms with Crippen molar-refractivity contribution in [3.05, 3.63) is 63.5 Å². The Morgan fingerprint density at radius 2 is 1.92 bits per heavy atom. The van der Waals surface area contributed by atoms with Crippen LogP contribution in [0.1, 0.15) is 11.1 Å². The zero-order valence-electron chi connectivity index (χ0n) is 14.0. The normalized spacial score (nSPS) is 20.7. The van der Waals surface area contributed by atoms with Crippen LogP contribution in [0.4, 0.5) is 11.4 Å². The summed E-state index contributed by atoms with van der Waals surface area (Å²) in [5.41, 5.74) is 3.58. The third kappa shape index (κ3) is 2.71. The minimum Gasteiger partial charge on any atom is -0.311 e. The number of hydrogen-bond acceptors (Lipinski definition) is 4. The number of carbonyl (C=O) groups is 2. The molecule has 0 saturated carbocycles. The standard InChI is InChI=1S/C19H14ClN3O2S/c1-10-7-8-14-11(9-10)15(18(25)23(14)2)16-17(24)22-19(26-16)21-13-6-4-3-5-12(13)20/h3-9H,1-2H3,(H,21,22,24)/b16-15-. The number of nitrogens with zero attached hydrogens (tertiary/aromatic N) is 2. The number of fused-ring (bicyclic) bond motifs is 1. The molecule has 7 heteroatoms. The summed E-state index contributed by atoms with van der Waals surface area (Å²) in [7, 11) is 1.71. The molecular formula is C19H14ClN3O2S. The lowest BCUT2D eigenvalue weighted by molar-refractivity contribution is -0.116. The number of carbonyl (C=O) groups excluding carboxylic acids is 2. The minimum absolute atomic E-state index is 0.192. The summed E-state index contributed by atoms with van der Waals surface area (Å²) >= 11 is 7.28. The Morgan fingerprint density at radius 1 is 1.15 bits per heavy atom. The average molecular weight is 384 g/mol. The molecule has 0 aliphatic carbocycles. The fraction of sp³-hybridized carbons (Fsp3) is 0.105. The highest BCUT2D eigenvalue weighted by Gasteiger charge is 2.38. The molecule has 2 aliphatic rings. The lowest BCUT2D eigenvalue weighted by Crippen LogP contribution is -2.23. The van der Waals surface area contributed by atoms with Crippen molar-refractivity contribution in [3.8, 4) is 0 Å². The Morgan fingerprint density at radius 3 is 2.69 bits per heavy atom. The van der Waals surface area contributed by atoms with Crippen molar-refractivity contribution in [3.63, 3.8) is 0 Å². The molecule has 0 aromatic heterocycles. The summed E-state index contributed by atoms with van der Waals surface area (Å²) in [5.74, 6) is -0.519. The maximum absolute atomic E-state index is 12.7. The second kappa shape index (κ2) is 6.30. The van der Waals surface area contributed by atoms with Crippen molar-refractivity contribution in [2.24, 2.45) is 4.99 Å². The summed E-state index contributed by atoms with van der Waals surface area (Å²) in [6.07, 6.45) is 0. The smallest absolute Gasteiger partial charge is 0.264 e. The Kier molecular flexibility index (Phi) is 4.09. The number of likely N-dealkylation sites (N-methyl/N-ethyl adjacent to an activating group) is 1. The van der Waals surface area contributed by atoms with E-state index >= 15 is 0 Å². The molecule has 26 heavy (non-hydrogen) atoms. The van der Waals surface area contributed by atoms with E-state index in [4.69, 9.17) is 11.6 Å². The molecule has 130 valence electrons. The molecule has 0 unspecified atom stereocenters. The van der Waals surface area contributed by atoms with E-state index in [0.717, 1.165) is 28.6 Å². The highest BCUT2D eigenvalue weighted by atomic mass is 35.5. The number of benzene rings is 2. The van der Waals surface area contributed by atoms with Crippen molar-refractivity contribution in [1.82, 2.24) is 5.32 Å². The van der Waals surface area contributed by atoms with Gasteiger partial charge in [0.05, 0.1) is 26.9 Å². The molecule has 2 amide bonds. The number of amidine groups is 1. The number of aryl methyl sites for hydroxylation is 1. The summed E-state index contributed by atoms with van der Waals surface area (Å²) in [5, 5.41) is 3.62. The van der Waals surface area contributed by atoms with Crippen LogP contribution in [0.15, 0.2) is 52.4 Å². The lowest BCUT2D eigenvalue weighted by atomic mass is 10.0. The molecule has 0 atom stereocenters. The molecule has 2 aromatic carbocycles. The van der Waals surface area contributed by atoms with Gasteiger partial charge in [0.1, 0.15) is 0 Å². The fourth-order valence-electron chi connectivity index (χ4n) is 2.94. The Balaban J connectivity index is 1.79. The summed E-state index contributed by atoms with van der Waals surface area (Å²) < 4.78 is 0. The van der Waals surface area contributed by atoms with Crippen LogP contribution in [-0.4, -0.2) is 24.0 Å². The number of thioether (sulfide) groups is 1. The summed E-state index contributed by atoms with van der Waals surface area (Å²) in [4.78, 5) is 31.6. The molecule has 0 bridgehead atoms. The first-order chi connectivity index (χ1) is 12.5. The second-order valence-electron chi connectivity index (χ2n) is 6.01. The lowest BCUT2D eigenvalue weighted by Gasteiger charge is -2.08. The zero-order chi connectivity index (χ0) is 18.4. The van der Waals surface area contributed by atoms with Crippen molar-refractivity contribution >= 4 is 57.3 Å². The van der Waals surface area contributed by atoms with Gasteiger partial charge < -0.3 is 10.2 Å². The van der Waals surface area contributed by atoms with Crippen LogP contribution in [0.25, 0.3) is 5.57 Å². The van der Waals surface area contributed by atoms with Crippen LogP contribution < -0.4 is 10.2 Å². The molecule has 1 saturated heterocycles. The zero-order valence-corrected chi connectivity index (χ0v) is 15.6. The fourth-order valence-corrected chi connectivity index (χ4v) is 4.05. The quantitative estimate of drug-likeness (QED) is 0.760. The highest BCUT2D eigenvalue weighted by Crippen LogP contribution is 2.42. The van der Waals surface area contributed by atoms with E-state index in [2.05, 4.69) is 10.3 Å². The molecular weight excluding hydrogens is 370 g/mol. The Bertz CT molecular complexity index is 1030. The van der Waals surface area contributed by atoms with Gasteiger partial charge in [-0.3, -0.25) is 9.59 Å². The van der Waals surface area contributed by atoms with E-state index < -0.39 is 0 Å². The molecule has 1 fully saturated rings. The van der Waals surface area contributed by atoms with Gasteiger partial charge in [-0.1, -0.05) is 35.4 Å².